The molecule has 0 aromatic heterocycles. The van der Waals surface area contributed by atoms with E-state index in [1.807, 2.05) is 0 Å². The summed E-state index contributed by atoms with van der Waals surface area (Å²) in [6, 6.07) is -0.626. The minimum atomic E-state index is -3.38. The average Bonchev–Trinajstić information content (AvgIpc) is 2.47. The van der Waals surface area contributed by atoms with Gasteiger partial charge in [0.2, 0.25) is 15.9 Å². The molecule has 2 aliphatic rings. The lowest BCUT2D eigenvalue weighted by atomic mass is 9.82. The number of piperidine rings is 1. The highest BCUT2D eigenvalue weighted by molar-refractivity contribution is 7.88. The van der Waals surface area contributed by atoms with Crippen molar-refractivity contribution < 1.29 is 18.3 Å². The summed E-state index contributed by atoms with van der Waals surface area (Å²) < 4.78 is 25.0. The second-order valence-electron chi connectivity index (χ2n) is 6.37. The second-order valence-corrected chi connectivity index (χ2v) is 8.31. The van der Waals surface area contributed by atoms with Crippen LogP contribution in [0.2, 0.25) is 0 Å². The topological polar surface area (TPSA) is 86.7 Å². The van der Waals surface area contributed by atoms with Crippen LogP contribution in [0.5, 0.6) is 0 Å². The molecule has 2 rings (SSSR count). The summed E-state index contributed by atoms with van der Waals surface area (Å²) in [7, 11) is -3.38. The van der Waals surface area contributed by atoms with E-state index in [4.69, 9.17) is 0 Å². The van der Waals surface area contributed by atoms with Crippen molar-refractivity contribution in [2.45, 2.75) is 62.9 Å². The molecule has 0 spiro atoms. The van der Waals surface area contributed by atoms with Crippen LogP contribution < -0.4 is 5.32 Å². The zero-order chi connectivity index (χ0) is 15.5. The molecule has 2 fully saturated rings. The number of hydrogen-bond acceptors (Lipinski definition) is 4. The van der Waals surface area contributed by atoms with Gasteiger partial charge in [-0.25, -0.2) is 8.42 Å². The van der Waals surface area contributed by atoms with Crippen molar-refractivity contribution in [2.75, 3.05) is 19.4 Å². The summed E-state index contributed by atoms with van der Waals surface area (Å²) >= 11 is 0. The van der Waals surface area contributed by atoms with Gasteiger partial charge in [-0.15, -0.1) is 0 Å². The quantitative estimate of drug-likeness (QED) is 0.795. The van der Waals surface area contributed by atoms with Crippen molar-refractivity contribution in [2.24, 2.45) is 0 Å². The van der Waals surface area contributed by atoms with Crippen LogP contribution in [0.1, 0.15) is 51.4 Å². The van der Waals surface area contributed by atoms with E-state index in [-0.39, 0.29) is 12.5 Å². The number of nitrogens with zero attached hydrogens (tertiary/aromatic N) is 1. The van der Waals surface area contributed by atoms with Gasteiger partial charge in [-0.05, 0) is 25.7 Å². The first-order valence-electron chi connectivity index (χ1n) is 7.78. The van der Waals surface area contributed by atoms with Gasteiger partial charge in [0.15, 0.2) is 0 Å². The van der Waals surface area contributed by atoms with Gasteiger partial charge < -0.3 is 10.4 Å². The van der Waals surface area contributed by atoms with Crippen molar-refractivity contribution in [1.29, 1.82) is 0 Å². The molecule has 1 atom stereocenters. The molecule has 0 aromatic carbocycles. The zero-order valence-corrected chi connectivity index (χ0v) is 13.5. The standard InChI is InChI=1S/C14H26N2O4S/c1-21(19,20)16-10-6-3-7-12(16)13(18)15-14(11-17)8-4-2-5-9-14/h12,17H,2-11H2,1H3,(H,15,18). The molecule has 0 radical (unpaired) electrons. The molecule has 1 saturated heterocycles. The van der Waals surface area contributed by atoms with Gasteiger partial charge in [0.05, 0.1) is 18.4 Å². The lowest BCUT2D eigenvalue weighted by Crippen LogP contribution is -2.59. The monoisotopic (exact) mass is 318 g/mol. The minimum Gasteiger partial charge on any atom is -0.394 e. The lowest BCUT2D eigenvalue weighted by molar-refractivity contribution is -0.128. The Morgan fingerprint density at radius 2 is 1.90 bits per heavy atom. The van der Waals surface area contributed by atoms with E-state index in [0.29, 0.717) is 13.0 Å². The lowest BCUT2D eigenvalue weighted by Gasteiger charge is -2.40. The molecule has 1 heterocycles. The molecule has 1 aliphatic heterocycles. The van der Waals surface area contributed by atoms with E-state index in [1.54, 1.807) is 0 Å². The summed E-state index contributed by atoms with van der Waals surface area (Å²) in [6.07, 6.45) is 7.99. The predicted octanol–water partition coefficient (Wildman–Crippen LogP) is 0.612. The van der Waals surface area contributed by atoms with Crippen LogP contribution in [0.15, 0.2) is 0 Å². The molecule has 7 heteroatoms. The third-order valence-electron chi connectivity index (χ3n) is 4.68. The maximum absolute atomic E-state index is 12.6. The fourth-order valence-corrected chi connectivity index (χ4v) is 4.58. The van der Waals surface area contributed by atoms with E-state index < -0.39 is 21.6 Å². The highest BCUT2D eigenvalue weighted by atomic mass is 32.2. The van der Waals surface area contributed by atoms with Gasteiger partial charge in [-0.1, -0.05) is 25.7 Å². The van der Waals surface area contributed by atoms with Crippen LogP contribution >= 0.6 is 0 Å². The molecular formula is C14H26N2O4S. The first kappa shape index (κ1) is 16.7. The Balaban J connectivity index is 2.10. The van der Waals surface area contributed by atoms with E-state index in [0.717, 1.165) is 51.2 Å². The zero-order valence-electron chi connectivity index (χ0n) is 12.7. The number of hydrogen-bond donors (Lipinski definition) is 2. The SMILES string of the molecule is CS(=O)(=O)N1CCCCC1C(=O)NC1(CO)CCCCC1. The van der Waals surface area contributed by atoms with E-state index in [1.165, 1.54) is 4.31 Å². The van der Waals surface area contributed by atoms with Crippen molar-refractivity contribution >= 4 is 15.9 Å². The van der Waals surface area contributed by atoms with Gasteiger partial charge in [0, 0.05) is 6.54 Å². The molecule has 122 valence electrons. The number of sulfonamides is 1. The first-order valence-corrected chi connectivity index (χ1v) is 9.62. The predicted molar refractivity (Wildman–Crippen MR) is 80.2 cm³/mol. The average molecular weight is 318 g/mol. The Morgan fingerprint density at radius 1 is 1.24 bits per heavy atom. The molecule has 21 heavy (non-hydrogen) atoms. The third-order valence-corrected chi connectivity index (χ3v) is 5.97. The van der Waals surface area contributed by atoms with Crippen LogP contribution in [0.3, 0.4) is 0 Å². The maximum Gasteiger partial charge on any atom is 0.238 e. The molecule has 2 N–H and O–H groups in total. The number of nitrogens with one attached hydrogen (secondary N) is 1. The van der Waals surface area contributed by atoms with Crippen molar-refractivity contribution in [3.05, 3.63) is 0 Å². The number of rotatable bonds is 4. The van der Waals surface area contributed by atoms with Gasteiger partial charge in [-0.2, -0.15) is 4.31 Å². The molecule has 1 unspecified atom stereocenters. The molecule has 6 nitrogen and oxygen atoms in total. The largest absolute Gasteiger partial charge is 0.394 e. The van der Waals surface area contributed by atoms with E-state index in [2.05, 4.69) is 5.32 Å². The summed E-state index contributed by atoms with van der Waals surface area (Å²) in [6.45, 7) is 0.327. The molecule has 0 bridgehead atoms. The molecule has 1 saturated carbocycles. The van der Waals surface area contributed by atoms with Gasteiger partial charge in [0.1, 0.15) is 6.04 Å². The van der Waals surface area contributed by atoms with Crippen LogP contribution in [0.4, 0.5) is 0 Å². The molecule has 0 aromatic rings. The Hall–Kier alpha value is -0.660. The van der Waals surface area contributed by atoms with Crippen LogP contribution in [-0.4, -0.2) is 54.7 Å². The van der Waals surface area contributed by atoms with Gasteiger partial charge >= 0.3 is 0 Å². The maximum atomic E-state index is 12.6. The minimum absolute atomic E-state index is 0.0790. The normalized spacial score (nSPS) is 27.2. The highest BCUT2D eigenvalue weighted by Crippen LogP contribution is 2.29. The second kappa shape index (κ2) is 6.62. The number of amides is 1. The van der Waals surface area contributed by atoms with E-state index >= 15 is 0 Å². The fraction of sp³-hybridized carbons (Fsp3) is 0.929. The number of carbonyl (C=O) groups is 1. The van der Waals surface area contributed by atoms with Gasteiger partial charge in [0.25, 0.3) is 0 Å². The first-order chi connectivity index (χ1) is 9.88. The summed E-state index contributed by atoms with van der Waals surface area (Å²) in [4.78, 5) is 12.6. The molecule has 1 aliphatic carbocycles. The Kier molecular flexibility index (Phi) is 5.27. The van der Waals surface area contributed by atoms with Crippen LogP contribution in [0, 0.1) is 0 Å². The Morgan fingerprint density at radius 3 is 2.48 bits per heavy atom. The number of carbonyl (C=O) groups excluding carboxylic acids is 1. The summed E-state index contributed by atoms with van der Waals surface area (Å²) in [5, 5.41) is 12.6. The number of aliphatic hydroxyl groups is 1. The molecular weight excluding hydrogens is 292 g/mol. The van der Waals surface area contributed by atoms with Crippen molar-refractivity contribution in [3.63, 3.8) is 0 Å². The smallest absolute Gasteiger partial charge is 0.238 e. The fourth-order valence-electron chi connectivity index (χ4n) is 3.46. The van der Waals surface area contributed by atoms with Crippen molar-refractivity contribution in [1.82, 2.24) is 9.62 Å². The van der Waals surface area contributed by atoms with Crippen LogP contribution in [-0.2, 0) is 14.8 Å². The van der Waals surface area contributed by atoms with E-state index in [9.17, 15) is 18.3 Å². The Bertz CT molecular complexity index is 471. The Labute approximate surface area is 126 Å². The highest BCUT2D eigenvalue weighted by Gasteiger charge is 2.39. The summed E-state index contributed by atoms with van der Waals surface area (Å²) in [5.41, 5.74) is -0.560. The van der Waals surface area contributed by atoms with Crippen LogP contribution in [0.25, 0.3) is 0 Å². The number of aliphatic hydroxyl groups excluding tert-OH is 1. The van der Waals surface area contributed by atoms with Gasteiger partial charge in [-0.3, -0.25) is 4.79 Å². The summed E-state index contributed by atoms with van der Waals surface area (Å²) in [5.74, 6) is -0.254. The third kappa shape index (κ3) is 3.96. The van der Waals surface area contributed by atoms with Crippen molar-refractivity contribution in [3.8, 4) is 0 Å². The molecule has 1 amide bonds.